The second-order valence-electron chi connectivity index (χ2n) is 8.46. The summed E-state index contributed by atoms with van der Waals surface area (Å²) < 4.78 is 5.50. The first-order valence-corrected chi connectivity index (χ1v) is 12.2. The van der Waals surface area contributed by atoms with Crippen LogP contribution < -0.4 is 15.4 Å². The fraction of sp³-hybridized carbons (Fsp3) is 0.207. The third-order valence-electron chi connectivity index (χ3n) is 5.53. The molecule has 3 N–H and O–H groups in total. The third-order valence-corrected chi connectivity index (χ3v) is 5.77. The molecular weight excluding hydrogens is 492 g/mol. The van der Waals surface area contributed by atoms with Gasteiger partial charge in [0.1, 0.15) is 24.4 Å². The van der Waals surface area contributed by atoms with Crippen molar-refractivity contribution in [2.75, 3.05) is 6.61 Å². The monoisotopic (exact) mass is 520 g/mol. The van der Waals surface area contributed by atoms with Crippen LogP contribution in [0.15, 0.2) is 91.5 Å². The molecule has 2 atom stereocenters. The van der Waals surface area contributed by atoms with E-state index in [1.54, 1.807) is 78.9 Å². The first kappa shape index (κ1) is 27.5. The Morgan fingerprint density at radius 3 is 2.16 bits per heavy atom. The van der Waals surface area contributed by atoms with Crippen LogP contribution in [-0.4, -0.2) is 41.6 Å². The van der Waals surface area contributed by atoms with E-state index in [9.17, 15) is 19.5 Å². The summed E-state index contributed by atoms with van der Waals surface area (Å²) >= 11 is 6.02. The molecule has 2 amide bonds. The van der Waals surface area contributed by atoms with Gasteiger partial charge in [-0.25, -0.2) is 4.79 Å². The summed E-state index contributed by atoms with van der Waals surface area (Å²) in [6.07, 6.45) is 1.93. The summed E-state index contributed by atoms with van der Waals surface area (Å²) in [7, 11) is 0. The number of benzene rings is 3. The molecule has 0 saturated heterocycles. The minimum Gasteiger partial charge on any atom is -0.490 e. The van der Waals surface area contributed by atoms with E-state index < -0.39 is 24.0 Å². The van der Waals surface area contributed by atoms with Crippen LogP contribution in [0, 0.1) is 0 Å². The van der Waals surface area contributed by atoms with E-state index in [4.69, 9.17) is 16.3 Å². The molecular formula is C29H29ClN2O5. The van der Waals surface area contributed by atoms with Gasteiger partial charge in [0.25, 0.3) is 0 Å². The Bertz CT molecular complexity index is 1210. The Kier molecular flexibility index (Phi) is 10.3. The SMILES string of the molecule is C=CCOc1ccc(C[C@H](NC(=O)Cc2cccc(Cl)c2)C(=O)N[C@@H](Cc2ccccc2)C(=O)O)cc1. The molecule has 3 aromatic rings. The second-order valence-corrected chi connectivity index (χ2v) is 8.90. The van der Waals surface area contributed by atoms with Crippen LogP contribution in [0.4, 0.5) is 0 Å². The number of nitrogens with one attached hydrogen (secondary N) is 2. The fourth-order valence-corrected chi connectivity index (χ4v) is 3.93. The lowest BCUT2D eigenvalue weighted by atomic mass is 10.0. The molecule has 0 aromatic heterocycles. The Hall–Kier alpha value is -4.10. The van der Waals surface area contributed by atoms with Gasteiger partial charge in [-0.15, -0.1) is 0 Å². The van der Waals surface area contributed by atoms with Crippen molar-refractivity contribution in [3.05, 3.63) is 113 Å². The number of rotatable bonds is 13. The fourth-order valence-electron chi connectivity index (χ4n) is 3.72. The van der Waals surface area contributed by atoms with Crippen LogP contribution in [-0.2, 0) is 33.6 Å². The molecule has 0 bridgehead atoms. The van der Waals surface area contributed by atoms with Crippen LogP contribution in [0.1, 0.15) is 16.7 Å². The molecule has 0 saturated carbocycles. The molecule has 0 heterocycles. The molecule has 0 fully saturated rings. The topological polar surface area (TPSA) is 105 Å². The van der Waals surface area contributed by atoms with Crippen molar-refractivity contribution in [1.29, 1.82) is 0 Å². The number of halogens is 1. The molecule has 0 aliphatic rings. The molecule has 0 aliphatic carbocycles. The third kappa shape index (κ3) is 9.13. The number of carbonyl (C=O) groups is 3. The molecule has 7 nitrogen and oxygen atoms in total. The average molecular weight is 521 g/mol. The number of carbonyl (C=O) groups excluding carboxylic acids is 2. The Morgan fingerprint density at radius 1 is 0.865 bits per heavy atom. The molecule has 192 valence electrons. The molecule has 0 unspecified atom stereocenters. The Labute approximate surface area is 221 Å². The highest BCUT2D eigenvalue weighted by Gasteiger charge is 2.27. The molecule has 37 heavy (non-hydrogen) atoms. The van der Waals surface area contributed by atoms with Crippen molar-refractivity contribution >= 4 is 29.4 Å². The van der Waals surface area contributed by atoms with Crippen LogP contribution in [0.3, 0.4) is 0 Å². The van der Waals surface area contributed by atoms with Gasteiger partial charge in [-0.3, -0.25) is 9.59 Å². The van der Waals surface area contributed by atoms with Gasteiger partial charge in [0.15, 0.2) is 0 Å². The van der Waals surface area contributed by atoms with E-state index in [1.165, 1.54) is 0 Å². The average Bonchev–Trinajstić information content (AvgIpc) is 2.88. The van der Waals surface area contributed by atoms with Crippen molar-refractivity contribution in [2.24, 2.45) is 0 Å². The zero-order chi connectivity index (χ0) is 26.6. The van der Waals surface area contributed by atoms with Crippen LogP contribution in [0.25, 0.3) is 0 Å². The summed E-state index contributed by atoms with van der Waals surface area (Å²) in [4.78, 5) is 38.0. The summed E-state index contributed by atoms with van der Waals surface area (Å²) in [5, 5.41) is 15.6. The highest BCUT2D eigenvalue weighted by Crippen LogP contribution is 2.15. The number of aliphatic carboxylic acids is 1. The van der Waals surface area contributed by atoms with Gasteiger partial charge in [0, 0.05) is 17.9 Å². The van der Waals surface area contributed by atoms with Crippen molar-refractivity contribution < 1.29 is 24.2 Å². The van der Waals surface area contributed by atoms with E-state index in [0.29, 0.717) is 22.9 Å². The van der Waals surface area contributed by atoms with Crippen LogP contribution >= 0.6 is 11.6 Å². The quantitative estimate of drug-likeness (QED) is 0.296. The number of carboxylic acids is 1. The standard InChI is InChI=1S/C29H29ClN2O5/c1-2-15-37-24-13-11-21(12-14-24)17-25(31-27(33)19-22-9-6-10-23(30)16-22)28(34)32-26(29(35)36)18-20-7-4-3-5-8-20/h2-14,16,25-26H,1,15,17-19H2,(H,31,33)(H,32,34)(H,35,36)/t25-,26-/m0/s1. The van der Waals surface area contributed by atoms with Crippen molar-refractivity contribution in [1.82, 2.24) is 10.6 Å². The molecule has 3 rings (SSSR count). The Balaban J connectivity index is 1.75. The predicted octanol–water partition coefficient (Wildman–Crippen LogP) is 3.99. The van der Waals surface area contributed by atoms with Gasteiger partial charge < -0.3 is 20.5 Å². The predicted molar refractivity (Wildman–Crippen MR) is 143 cm³/mol. The zero-order valence-electron chi connectivity index (χ0n) is 20.2. The maximum absolute atomic E-state index is 13.3. The minimum atomic E-state index is -1.16. The van der Waals surface area contributed by atoms with E-state index >= 15 is 0 Å². The second kappa shape index (κ2) is 13.8. The lowest BCUT2D eigenvalue weighted by molar-refractivity contribution is -0.142. The van der Waals surface area contributed by atoms with E-state index in [2.05, 4.69) is 17.2 Å². The van der Waals surface area contributed by atoms with E-state index in [1.807, 2.05) is 6.07 Å². The highest BCUT2D eigenvalue weighted by atomic mass is 35.5. The van der Waals surface area contributed by atoms with Crippen LogP contribution in [0.2, 0.25) is 5.02 Å². The van der Waals surface area contributed by atoms with Gasteiger partial charge in [-0.1, -0.05) is 78.9 Å². The first-order chi connectivity index (χ1) is 17.8. The zero-order valence-corrected chi connectivity index (χ0v) is 21.0. The molecule has 0 radical (unpaired) electrons. The van der Waals surface area contributed by atoms with Gasteiger partial charge >= 0.3 is 5.97 Å². The lowest BCUT2D eigenvalue weighted by Gasteiger charge is -2.22. The highest BCUT2D eigenvalue weighted by molar-refractivity contribution is 6.30. The Morgan fingerprint density at radius 2 is 1.51 bits per heavy atom. The lowest BCUT2D eigenvalue weighted by Crippen LogP contribution is -2.53. The van der Waals surface area contributed by atoms with Gasteiger partial charge in [0.05, 0.1) is 6.42 Å². The first-order valence-electron chi connectivity index (χ1n) is 11.8. The van der Waals surface area contributed by atoms with Crippen LogP contribution in [0.5, 0.6) is 5.75 Å². The number of amides is 2. The number of hydrogen-bond donors (Lipinski definition) is 3. The summed E-state index contributed by atoms with van der Waals surface area (Å²) in [5.74, 6) is -1.49. The molecule has 0 spiro atoms. The molecule has 3 aromatic carbocycles. The summed E-state index contributed by atoms with van der Waals surface area (Å²) in [5.41, 5.74) is 2.23. The number of hydrogen-bond acceptors (Lipinski definition) is 4. The molecule has 0 aliphatic heterocycles. The minimum absolute atomic E-state index is 0.0189. The van der Waals surface area contributed by atoms with Gasteiger partial charge in [-0.05, 0) is 41.0 Å². The summed E-state index contributed by atoms with van der Waals surface area (Å²) in [6, 6.07) is 20.9. The summed E-state index contributed by atoms with van der Waals surface area (Å²) in [6.45, 7) is 3.98. The largest absolute Gasteiger partial charge is 0.490 e. The van der Waals surface area contributed by atoms with E-state index in [0.717, 1.165) is 11.1 Å². The maximum atomic E-state index is 13.3. The molecule has 8 heteroatoms. The number of carboxylic acid groups (broad SMARTS) is 1. The van der Waals surface area contributed by atoms with E-state index in [-0.39, 0.29) is 25.2 Å². The van der Waals surface area contributed by atoms with Gasteiger partial charge in [-0.2, -0.15) is 0 Å². The maximum Gasteiger partial charge on any atom is 0.326 e. The van der Waals surface area contributed by atoms with Crippen molar-refractivity contribution in [2.45, 2.75) is 31.3 Å². The van der Waals surface area contributed by atoms with Crippen molar-refractivity contribution in [3.63, 3.8) is 0 Å². The van der Waals surface area contributed by atoms with Gasteiger partial charge in [0.2, 0.25) is 11.8 Å². The normalized spacial score (nSPS) is 12.1. The number of ether oxygens (including phenoxy) is 1. The smallest absolute Gasteiger partial charge is 0.326 e. The van der Waals surface area contributed by atoms with Crippen molar-refractivity contribution in [3.8, 4) is 5.75 Å².